The summed E-state index contributed by atoms with van der Waals surface area (Å²) < 4.78 is 32.9. The zero-order chi connectivity index (χ0) is 23.8. The van der Waals surface area contributed by atoms with Crippen molar-refractivity contribution in [3.05, 3.63) is 72.0 Å². The molecule has 4 aromatic rings. The fraction of sp³-hybridized carbons (Fsp3) is 0.370. The highest BCUT2D eigenvalue weighted by Crippen LogP contribution is 2.33. The first-order chi connectivity index (χ1) is 17.1. The van der Waals surface area contributed by atoms with E-state index in [2.05, 4.69) is 24.9 Å². The van der Waals surface area contributed by atoms with E-state index in [-0.39, 0.29) is 0 Å². The van der Waals surface area contributed by atoms with Gasteiger partial charge >= 0.3 is 0 Å². The molecule has 2 aromatic carbocycles. The van der Waals surface area contributed by atoms with Crippen LogP contribution in [0, 0.1) is 11.6 Å². The summed E-state index contributed by atoms with van der Waals surface area (Å²) in [5.41, 5.74) is 3.17. The highest BCUT2D eigenvalue weighted by Gasteiger charge is 2.25. The number of nitrogens with zero attached hydrogens (tertiary/aromatic N) is 5. The molecule has 0 atom stereocenters. The lowest BCUT2D eigenvalue weighted by atomic mass is 10.0. The summed E-state index contributed by atoms with van der Waals surface area (Å²) >= 11 is 0. The van der Waals surface area contributed by atoms with Gasteiger partial charge in [0.25, 0.3) is 0 Å². The second kappa shape index (κ2) is 9.34. The van der Waals surface area contributed by atoms with Crippen LogP contribution in [0.1, 0.15) is 43.3 Å². The van der Waals surface area contributed by atoms with Gasteiger partial charge in [-0.3, -0.25) is 9.88 Å². The quantitative estimate of drug-likeness (QED) is 0.378. The molecule has 0 radical (unpaired) electrons. The van der Waals surface area contributed by atoms with E-state index in [9.17, 15) is 8.78 Å². The molecule has 1 aliphatic carbocycles. The normalized spacial score (nSPS) is 17.5. The van der Waals surface area contributed by atoms with Crippen LogP contribution in [0.3, 0.4) is 0 Å². The van der Waals surface area contributed by atoms with Gasteiger partial charge < -0.3 is 9.42 Å². The van der Waals surface area contributed by atoms with Crippen LogP contribution in [0.2, 0.25) is 0 Å². The summed E-state index contributed by atoms with van der Waals surface area (Å²) in [5.74, 6) is 0.842. The number of hydrogen-bond acceptors (Lipinski definition) is 6. The van der Waals surface area contributed by atoms with Gasteiger partial charge in [0.15, 0.2) is 5.82 Å². The summed E-state index contributed by atoms with van der Waals surface area (Å²) in [6.07, 6.45) is 6.60. The van der Waals surface area contributed by atoms with Gasteiger partial charge in [0.05, 0.1) is 12.1 Å². The molecule has 2 fully saturated rings. The highest BCUT2D eigenvalue weighted by molar-refractivity contribution is 5.94. The minimum Gasteiger partial charge on any atom is -0.368 e. The topological polar surface area (TPSA) is 58.3 Å². The van der Waals surface area contributed by atoms with Crippen molar-refractivity contribution in [2.45, 2.75) is 38.1 Å². The maximum Gasteiger partial charge on any atom is 0.229 e. The molecule has 6 nitrogen and oxygen atoms in total. The molecule has 2 aromatic heterocycles. The van der Waals surface area contributed by atoms with E-state index in [1.807, 2.05) is 24.3 Å². The lowest BCUT2D eigenvalue weighted by Gasteiger charge is -2.36. The fourth-order valence-electron chi connectivity index (χ4n) is 5.33. The maximum absolute atomic E-state index is 13.7. The van der Waals surface area contributed by atoms with Crippen LogP contribution in [0.25, 0.3) is 22.0 Å². The zero-order valence-corrected chi connectivity index (χ0v) is 19.5. The number of halogens is 2. The molecular formula is C27H27F2N5O. The molecule has 3 heterocycles. The van der Waals surface area contributed by atoms with Crippen molar-refractivity contribution in [2.75, 3.05) is 31.1 Å². The van der Waals surface area contributed by atoms with Gasteiger partial charge in [-0.05, 0) is 48.2 Å². The largest absolute Gasteiger partial charge is 0.368 e. The number of aromatic nitrogens is 3. The molecule has 0 N–H and O–H groups in total. The second-order valence-electron chi connectivity index (χ2n) is 9.51. The van der Waals surface area contributed by atoms with Crippen LogP contribution in [0.4, 0.5) is 14.5 Å². The fourth-order valence-corrected chi connectivity index (χ4v) is 5.33. The summed E-state index contributed by atoms with van der Waals surface area (Å²) in [4.78, 5) is 13.9. The van der Waals surface area contributed by atoms with Gasteiger partial charge in [0.2, 0.25) is 5.89 Å². The molecular weight excluding hydrogens is 448 g/mol. The SMILES string of the molecule is Fc1cc(F)cc(-c2ccc3c(N4CCN(Cc5noc(C6CCCC6)n5)CC4)ccnc3c2)c1. The van der Waals surface area contributed by atoms with E-state index in [0.29, 0.717) is 18.0 Å². The third-order valence-electron chi connectivity index (χ3n) is 7.18. The Bertz CT molecular complexity index is 1320. The molecule has 35 heavy (non-hydrogen) atoms. The van der Waals surface area contributed by atoms with Crippen LogP contribution in [0.15, 0.2) is 53.2 Å². The molecule has 0 amide bonds. The number of rotatable bonds is 5. The maximum atomic E-state index is 13.7. The zero-order valence-electron chi connectivity index (χ0n) is 19.5. The van der Waals surface area contributed by atoms with Crippen molar-refractivity contribution >= 4 is 16.6 Å². The molecule has 6 rings (SSSR count). The van der Waals surface area contributed by atoms with E-state index in [0.717, 1.165) is 79.0 Å². The van der Waals surface area contributed by atoms with E-state index < -0.39 is 11.6 Å². The molecule has 0 unspecified atom stereocenters. The predicted molar refractivity (Wildman–Crippen MR) is 130 cm³/mol. The van der Waals surface area contributed by atoms with Gasteiger partial charge in [0.1, 0.15) is 11.6 Å². The van der Waals surface area contributed by atoms with Crippen LogP contribution in [0.5, 0.6) is 0 Å². The van der Waals surface area contributed by atoms with Gasteiger partial charge in [-0.1, -0.05) is 30.1 Å². The Kier molecular flexibility index (Phi) is 5.90. The monoisotopic (exact) mass is 475 g/mol. The van der Waals surface area contributed by atoms with Gasteiger partial charge in [-0.2, -0.15) is 4.98 Å². The average molecular weight is 476 g/mol. The molecule has 1 saturated heterocycles. The van der Waals surface area contributed by atoms with E-state index in [1.165, 1.54) is 25.0 Å². The van der Waals surface area contributed by atoms with Crippen LogP contribution in [-0.4, -0.2) is 46.2 Å². The predicted octanol–water partition coefficient (Wildman–Crippen LogP) is 5.54. The van der Waals surface area contributed by atoms with Crippen molar-refractivity contribution in [1.82, 2.24) is 20.0 Å². The van der Waals surface area contributed by atoms with E-state index >= 15 is 0 Å². The van der Waals surface area contributed by atoms with Crippen LogP contribution < -0.4 is 4.90 Å². The Labute approximate surface area is 202 Å². The van der Waals surface area contributed by atoms with Crippen molar-refractivity contribution < 1.29 is 13.3 Å². The molecule has 0 spiro atoms. The third kappa shape index (κ3) is 4.62. The minimum atomic E-state index is -0.588. The number of fused-ring (bicyclic) bond motifs is 1. The lowest BCUT2D eigenvalue weighted by molar-refractivity contribution is 0.240. The Morgan fingerprint density at radius 1 is 0.886 bits per heavy atom. The van der Waals surface area contributed by atoms with Crippen molar-refractivity contribution in [3.63, 3.8) is 0 Å². The standard InChI is InChI=1S/C27H27F2N5O/c28-21-13-20(14-22(29)16-21)19-5-6-23-24(15-19)30-8-7-25(23)34-11-9-33(10-12-34)17-26-31-27(35-32-26)18-3-1-2-4-18/h5-8,13-16,18H,1-4,9-12,17H2. The second-order valence-corrected chi connectivity index (χ2v) is 9.51. The number of benzene rings is 2. The molecule has 180 valence electrons. The van der Waals surface area contributed by atoms with Gasteiger partial charge in [0, 0.05) is 55.4 Å². The van der Waals surface area contributed by atoms with Crippen LogP contribution >= 0.6 is 0 Å². The van der Waals surface area contributed by atoms with Crippen molar-refractivity contribution in [2.24, 2.45) is 0 Å². The average Bonchev–Trinajstić information content (AvgIpc) is 3.56. The molecule has 0 bridgehead atoms. The van der Waals surface area contributed by atoms with E-state index in [4.69, 9.17) is 4.52 Å². The Morgan fingerprint density at radius 3 is 2.43 bits per heavy atom. The van der Waals surface area contributed by atoms with Crippen molar-refractivity contribution in [1.29, 1.82) is 0 Å². The van der Waals surface area contributed by atoms with Gasteiger partial charge in [-0.25, -0.2) is 8.78 Å². The third-order valence-corrected chi connectivity index (χ3v) is 7.18. The molecule has 2 aliphatic rings. The molecule has 1 aliphatic heterocycles. The Balaban J connectivity index is 1.15. The number of hydrogen-bond donors (Lipinski definition) is 0. The summed E-state index contributed by atoms with van der Waals surface area (Å²) in [7, 11) is 0. The number of piperazine rings is 1. The summed E-state index contributed by atoms with van der Waals surface area (Å²) in [5, 5.41) is 5.25. The first-order valence-electron chi connectivity index (χ1n) is 12.3. The molecule has 8 heteroatoms. The smallest absolute Gasteiger partial charge is 0.229 e. The first kappa shape index (κ1) is 22.1. The summed E-state index contributed by atoms with van der Waals surface area (Å²) in [6, 6.07) is 11.4. The first-order valence-corrected chi connectivity index (χ1v) is 12.3. The number of anilines is 1. The minimum absolute atomic E-state index is 0.438. The summed E-state index contributed by atoms with van der Waals surface area (Å²) in [6.45, 7) is 4.26. The number of pyridine rings is 1. The van der Waals surface area contributed by atoms with Gasteiger partial charge in [-0.15, -0.1) is 0 Å². The van der Waals surface area contributed by atoms with E-state index in [1.54, 1.807) is 6.20 Å². The van der Waals surface area contributed by atoms with Crippen LogP contribution in [-0.2, 0) is 6.54 Å². The Hall–Kier alpha value is -3.39. The molecule has 1 saturated carbocycles. The van der Waals surface area contributed by atoms with Crippen molar-refractivity contribution in [3.8, 4) is 11.1 Å². The lowest BCUT2D eigenvalue weighted by Crippen LogP contribution is -2.46. The highest BCUT2D eigenvalue weighted by atomic mass is 19.1. The Morgan fingerprint density at radius 2 is 1.66 bits per heavy atom.